The Balaban J connectivity index is 1.96. The van der Waals surface area contributed by atoms with Gasteiger partial charge in [0.15, 0.2) is 0 Å². The van der Waals surface area contributed by atoms with Crippen LogP contribution in [0.5, 0.6) is 5.75 Å². The molecular formula is C16H27N3O. The highest BCUT2D eigenvalue weighted by Gasteiger charge is 2.17. The molecule has 1 fully saturated rings. The van der Waals surface area contributed by atoms with Gasteiger partial charge >= 0.3 is 0 Å². The number of rotatable bonds is 5. The lowest BCUT2D eigenvalue weighted by Crippen LogP contribution is -2.36. The van der Waals surface area contributed by atoms with E-state index in [0.29, 0.717) is 6.04 Å². The van der Waals surface area contributed by atoms with E-state index >= 15 is 0 Å². The van der Waals surface area contributed by atoms with E-state index in [0.717, 1.165) is 18.8 Å². The molecule has 1 aromatic carbocycles. The van der Waals surface area contributed by atoms with Crippen molar-refractivity contribution >= 4 is 0 Å². The number of likely N-dealkylation sites (N-methyl/N-ethyl adjacent to an activating group) is 2. The molecule has 0 aromatic heterocycles. The van der Waals surface area contributed by atoms with Crippen molar-refractivity contribution in [1.29, 1.82) is 0 Å². The topological polar surface area (TPSA) is 27.7 Å². The SMILES string of the molecule is CNC(CN1CCCN(C)CC1)c1ccc(OC)cc1. The molecule has 1 N–H and O–H groups in total. The predicted octanol–water partition coefficient (Wildman–Crippen LogP) is 1.59. The van der Waals surface area contributed by atoms with Gasteiger partial charge in [0.25, 0.3) is 0 Å². The number of ether oxygens (including phenoxy) is 1. The molecule has 1 saturated heterocycles. The van der Waals surface area contributed by atoms with E-state index in [1.54, 1.807) is 7.11 Å². The third-order valence-electron chi connectivity index (χ3n) is 4.12. The number of benzene rings is 1. The molecule has 20 heavy (non-hydrogen) atoms. The van der Waals surface area contributed by atoms with Crippen LogP contribution in [-0.4, -0.2) is 63.7 Å². The molecule has 1 atom stereocenters. The first-order chi connectivity index (χ1) is 9.72. The highest BCUT2D eigenvalue weighted by molar-refractivity contribution is 5.29. The Bertz CT molecular complexity index is 393. The van der Waals surface area contributed by atoms with E-state index in [1.165, 1.54) is 31.6 Å². The number of hydrogen-bond acceptors (Lipinski definition) is 4. The van der Waals surface area contributed by atoms with Crippen LogP contribution in [0.1, 0.15) is 18.0 Å². The van der Waals surface area contributed by atoms with E-state index in [2.05, 4.69) is 34.3 Å². The fourth-order valence-corrected chi connectivity index (χ4v) is 2.74. The summed E-state index contributed by atoms with van der Waals surface area (Å²) in [6.07, 6.45) is 1.26. The van der Waals surface area contributed by atoms with Crippen LogP contribution in [0, 0.1) is 0 Å². The number of hydrogen-bond donors (Lipinski definition) is 1. The molecule has 112 valence electrons. The van der Waals surface area contributed by atoms with E-state index in [-0.39, 0.29) is 0 Å². The Labute approximate surface area is 122 Å². The first kappa shape index (κ1) is 15.3. The summed E-state index contributed by atoms with van der Waals surface area (Å²) in [5, 5.41) is 3.44. The molecule has 0 spiro atoms. The number of nitrogens with zero attached hydrogens (tertiary/aromatic N) is 2. The second kappa shape index (κ2) is 7.62. The molecule has 1 aliphatic heterocycles. The van der Waals surface area contributed by atoms with Gasteiger partial charge in [0.05, 0.1) is 7.11 Å². The zero-order valence-electron chi connectivity index (χ0n) is 12.9. The van der Waals surface area contributed by atoms with Crippen LogP contribution in [0.2, 0.25) is 0 Å². The van der Waals surface area contributed by atoms with Gasteiger partial charge in [-0.2, -0.15) is 0 Å². The monoisotopic (exact) mass is 277 g/mol. The quantitative estimate of drug-likeness (QED) is 0.884. The van der Waals surface area contributed by atoms with Gasteiger partial charge in [0, 0.05) is 25.7 Å². The van der Waals surface area contributed by atoms with Gasteiger partial charge in [0.2, 0.25) is 0 Å². The highest BCUT2D eigenvalue weighted by Crippen LogP contribution is 2.19. The van der Waals surface area contributed by atoms with E-state index < -0.39 is 0 Å². The van der Waals surface area contributed by atoms with Gasteiger partial charge in [0.1, 0.15) is 5.75 Å². The standard InChI is InChI=1S/C16H27N3O/c1-17-16(14-5-7-15(20-3)8-6-14)13-19-10-4-9-18(2)11-12-19/h5-8,16-17H,4,9-13H2,1-3H3. The summed E-state index contributed by atoms with van der Waals surface area (Å²) >= 11 is 0. The molecule has 1 heterocycles. The third-order valence-corrected chi connectivity index (χ3v) is 4.12. The molecule has 4 heteroatoms. The van der Waals surface area contributed by atoms with Crippen LogP contribution in [0.15, 0.2) is 24.3 Å². The Hall–Kier alpha value is -1.10. The Morgan fingerprint density at radius 3 is 2.55 bits per heavy atom. The number of nitrogens with one attached hydrogen (secondary N) is 1. The third kappa shape index (κ3) is 4.20. The summed E-state index contributed by atoms with van der Waals surface area (Å²) < 4.78 is 5.22. The lowest BCUT2D eigenvalue weighted by Gasteiger charge is -2.26. The van der Waals surface area contributed by atoms with Gasteiger partial charge in [-0.15, -0.1) is 0 Å². The van der Waals surface area contributed by atoms with Gasteiger partial charge < -0.3 is 19.9 Å². The first-order valence-corrected chi connectivity index (χ1v) is 7.45. The summed E-state index contributed by atoms with van der Waals surface area (Å²) in [7, 11) is 5.96. The maximum Gasteiger partial charge on any atom is 0.118 e. The fraction of sp³-hybridized carbons (Fsp3) is 0.625. The van der Waals surface area contributed by atoms with E-state index in [9.17, 15) is 0 Å². The van der Waals surface area contributed by atoms with Gasteiger partial charge in [-0.1, -0.05) is 12.1 Å². The van der Waals surface area contributed by atoms with Gasteiger partial charge in [-0.25, -0.2) is 0 Å². The van der Waals surface area contributed by atoms with Crippen molar-refractivity contribution in [1.82, 2.24) is 15.1 Å². The second-order valence-electron chi connectivity index (χ2n) is 5.57. The summed E-state index contributed by atoms with van der Waals surface area (Å²) in [4.78, 5) is 4.98. The van der Waals surface area contributed by atoms with Crippen LogP contribution in [0.3, 0.4) is 0 Å². The zero-order chi connectivity index (χ0) is 14.4. The lowest BCUT2D eigenvalue weighted by atomic mass is 10.1. The van der Waals surface area contributed by atoms with Crippen LogP contribution in [0.4, 0.5) is 0 Å². The van der Waals surface area contributed by atoms with Crippen LogP contribution in [-0.2, 0) is 0 Å². The van der Waals surface area contributed by atoms with Crippen LogP contribution in [0.25, 0.3) is 0 Å². The van der Waals surface area contributed by atoms with Gasteiger partial charge in [-0.05, 0) is 51.3 Å². The molecule has 2 rings (SSSR count). The van der Waals surface area contributed by atoms with Crippen molar-refractivity contribution in [3.05, 3.63) is 29.8 Å². The Kier molecular flexibility index (Phi) is 5.83. The molecule has 0 amide bonds. The largest absolute Gasteiger partial charge is 0.497 e. The summed E-state index contributed by atoms with van der Waals surface area (Å²) in [6, 6.07) is 8.77. The van der Waals surface area contributed by atoms with E-state index in [4.69, 9.17) is 4.74 Å². The van der Waals surface area contributed by atoms with Crippen molar-refractivity contribution in [2.24, 2.45) is 0 Å². The summed E-state index contributed by atoms with van der Waals surface area (Å²) in [5.74, 6) is 0.917. The maximum absolute atomic E-state index is 5.22. The van der Waals surface area contributed by atoms with Crippen molar-refractivity contribution in [3.63, 3.8) is 0 Å². The molecule has 0 bridgehead atoms. The molecular weight excluding hydrogens is 250 g/mol. The fourth-order valence-electron chi connectivity index (χ4n) is 2.74. The van der Waals surface area contributed by atoms with Crippen molar-refractivity contribution in [2.45, 2.75) is 12.5 Å². The summed E-state index contributed by atoms with van der Waals surface area (Å²) in [6.45, 7) is 5.79. The van der Waals surface area contributed by atoms with Crippen LogP contribution >= 0.6 is 0 Å². The second-order valence-corrected chi connectivity index (χ2v) is 5.57. The van der Waals surface area contributed by atoms with Crippen molar-refractivity contribution in [3.8, 4) is 5.75 Å². The lowest BCUT2D eigenvalue weighted by molar-refractivity contribution is 0.251. The maximum atomic E-state index is 5.22. The van der Waals surface area contributed by atoms with Gasteiger partial charge in [-0.3, -0.25) is 0 Å². The molecule has 0 aliphatic carbocycles. The molecule has 0 saturated carbocycles. The average molecular weight is 277 g/mol. The average Bonchev–Trinajstić information content (AvgIpc) is 2.69. The molecule has 4 nitrogen and oxygen atoms in total. The minimum atomic E-state index is 0.379. The molecule has 1 aliphatic rings. The minimum absolute atomic E-state index is 0.379. The minimum Gasteiger partial charge on any atom is -0.497 e. The van der Waals surface area contributed by atoms with Crippen LogP contribution < -0.4 is 10.1 Å². The Morgan fingerprint density at radius 2 is 1.90 bits per heavy atom. The highest BCUT2D eigenvalue weighted by atomic mass is 16.5. The predicted molar refractivity (Wildman–Crippen MR) is 83.3 cm³/mol. The molecule has 1 unspecified atom stereocenters. The van der Waals surface area contributed by atoms with Crippen molar-refractivity contribution < 1.29 is 4.74 Å². The summed E-state index contributed by atoms with van der Waals surface area (Å²) in [5.41, 5.74) is 1.32. The zero-order valence-corrected chi connectivity index (χ0v) is 12.9. The first-order valence-electron chi connectivity index (χ1n) is 7.45. The number of methoxy groups -OCH3 is 1. The Morgan fingerprint density at radius 1 is 1.15 bits per heavy atom. The smallest absolute Gasteiger partial charge is 0.118 e. The normalized spacial score (nSPS) is 19.6. The van der Waals surface area contributed by atoms with E-state index in [1.807, 2.05) is 19.2 Å². The van der Waals surface area contributed by atoms with Crippen molar-refractivity contribution in [2.75, 3.05) is 53.9 Å². The molecule has 0 radical (unpaired) electrons. The molecule has 1 aromatic rings.